The Morgan fingerprint density at radius 2 is 2.11 bits per heavy atom. The molecule has 1 aromatic carbocycles. The maximum absolute atomic E-state index is 12.5. The summed E-state index contributed by atoms with van der Waals surface area (Å²) in [4.78, 5) is 14.4. The number of carbonyl (C=O) groups is 1. The molecule has 1 amide bonds. The topological polar surface area (TPSA) is 29.5 Å². The van der Waals surface area contributed by atoms with Gasteiger partial charge >= 0.3 is 0 Å². The number of carbonyl (C=O) groups excluding carboxylic acids is 1. The third-order valence-electron chi connectivity index (χ3n) is 3.03. The van der Waals surface area contributed by atoms with Crippen molar-refractivity contribution < 1.29 is 9.53 Å². The smallest absolute Gasteiger partial charge is 0.255 e. The first-order chi connectivity index (χ1) is 8.49. The number of ether oxygens (including phenoxy) is 1. The minimum atomic E-state index is 0.0528. The molecule has 2 atom stereocenters. The predicted octanol–water partition coefficient (Wildman–Crippen LogP) is 3.46. The van der Waals surface area contributed by atoms with Gasteiger partial charge in [0.25, 0.3) is 5.91 Å². The van der Waals surface area contributed by atoms with Gasteiger partial charge in [0.1, 0.15) is 0 Å². The number of rotatable bonds is 1. The molecule has 1 fully saturated rings. The molecule has 0 N–H and O–H groups in total. The monoisotopic (exact) mass is 375 g/mol. The lowest BCUT2D eigenvalue weighted by molar-refractivity contribution is -0.0387. The molecule has 98 valence electrons. The van der Waals surface area contributed by atoms with Crippen molar-refractivity contribution in [2.45, 2.75) is 26.0 Å². The average molecular weight is 377 g/mol. The van der Waals surface area contributed by atoms with Crippen LogP contribution in [0.25, 0.3) is 0 Å². The van der Waals surface area contributed by atoms with Gasteiger partial charge in [-0.3, -0.25) is 4.79 Å². The molecule has 0 bridgehead atoms. The summed E-state index contributed by atoms with van der Waals surface area (Å²) < 4.78 is 7.31. The van der Waals surface area contributed by atoms with Crippen LogP contribution in [-0.2, 0) is 4.74 Å². The standard InChI is InChI=1S/C13H15Br2NO2/c1-8-7-18-9(2)6-16(8)13(17)11-4-3-10(14)5-12(11)15/h3-5,8-9H,6-7H2,1-2H3. The molecule has 0 saturated carbocycles. The third kappa shape index (κ3) is 2.95. The predicted molar refractivity (Wildman–Crippen MR) is 77.8 cm³/mol. The van der Waals surface area contributed by atoms with Crippen LogP contribution in [-0.4, -0.2) is 36.1 Å². The Balaban J connectivity index is 2.24. The molecule has 1 aliphatic rings. The van der Waals surface area contributed by atoms with Gasteiger partial charge in [-0.2, -0.15) is 0 Å². The molecule has 0 aliphatic carbocycles. The second kappa shape index (κ2) is 5.72. The Morgan fingerprint density at radius 3 is 2.78 bits per heavy atom. The second-order valence-corrected chi connectivity index (χ2v) is 6.34. The van der Waals surface area contributed by atoms with Gasteiger partial charge in [0.15, 0.2) is 0 Å². The summed E-state index contributed by atoms with van der Waals surface area (Å²) >= 11 is 6.83. The number of nitrogens with zero attached hydrogens (tertiary/aromatic N) is 1. The number of benzene rings is 1. The summed E-state index contributed by atoms with van der Waals surface area (Å²) in [5, 5.41) is 0. The van der Waals surface area contributed by atoms with Crippen LogP contribution in [0.4, 0.5) is 0 Å². The van der Waals surface area contributed by atoms with E-state index in [0.717, 1.165) is 8.95 Å². The van der Waals surface area contributed by atoms with E-state index in [0.29, 0.717) is 18.7 Å². The number of morpholine rings is 1. The van der Waals surface area contributed by atoms with Gasteiger partial charge in [-0.05, 0) is 48.0 Å². The van der Waals surface area contributed by atoms with Gasteiger partial charge in [-0.1, -0.05) is 15.9 Å². The maximum Gasteiger partial charge on any atom is 0.255 e. The highest BCUT2D eigenvalue weighted by atomic mass is 79.9. The van der Waals surface area contributed by atoms with Crippen LogP contribution in [0.3, 0.4) is 0 Å². The van der Waals surface area contributed by atoms with E-state index >= 15 is 0 Å². The van der Waals surface area contributed by atoms with Crippen LogP contribution in [0.1, 0.15) is 24.2 Å². The Morgan fingerprint density at radius 1 is 1.39 bits per heavy atom. The van der Waals surface area contributed by atoms with Crippen molar-refractivity contribution in [3.63, 3.8) is 0 Å². The van der Waals surface area contributed by atoms with Gasteiger partial charge in [-0.15, -0.1) is 0 Å². The van der Waals surface area contributed by atoms with Crippen molar-refractivity contribution in [1.29, 1.82) is 0 Å². The zero-order chi connectivity index (χ0) is 13.3. The van der Waals surface area contributed by atoms with Gasteiger partial charge in [0.05, 0.1) is 24.3 Å². The van der Waals surface area contributed by atoms with Crippen LogP contribution in [0, 0.1) is 0 Å². The molecular weight excluding hydrogens is 362 g/mol. The van der Waals surface area contributed by atoms with E-state index in [2.05, 4.69) is 31.9 Å². The Hall–Kier alpha value is -0.390. The minimum Gasteiger partial charge on any atom is -0.375 e. The fourth-order valence-corrected chi connectivity index (χ4v) is 3.22. The Bertz CT molecular complexity index is 464. The zero-order valence-corrected chi connectivity index (χ0v) is 13.5. The van der Waals surface area contributed by atoms with Crippen LogP contribution in [0.2, 0.25) is 0 Å². The molecule has 0 radical (unpaired) electrons. The number of halogens is 2. The lowest BCUT2D eigenvalue weighted by atomic mass is 10.1. The summed E-state index contributed by atoms with van der Waals surface area (Å²) in [6.07, 6.45) is 0.0966. The fraction of sp³-hybridized carbons (Fsp3) is 0.462. The van der Waals surface area contributed by atoms with Gasteiger partial charge in [0, 0.05) is 15.5 Å². The Labute approximate surface area is 124 Å². The van der Waals surface area contributed by atoms with E-state index in [-0.39, 0.29) is 18.1 Å². The van der Waals surface area contributed by atoms with Crippen molar-refractivity contribution in [3.8, 4) is 0 Å². The molecule has 0 spiro atoms. The Kier molecular flexibility index (Phi) is 4.45. The van der Waals surface area contributed by atoms with E-state index in [4.69, 9.17) is 4.74 Å². The molecule has 1 aromatic rings. The average Bonchev–Trinajstić information content (AvgIpc) is 2.31. The fourth-order valence-electron chi connectivity index (χ4n) is 2.00. The van der Waals surface area contributed by atoms with Crippen molar-refractivity contribution in [3.05, 3.63) is 32.7 Å². The van der Waals surface area contributed by atoms with Gasteiger partial charge in [0.2, 0.25) is 0 Å². The van der Waals surface area contributed by atoms with E-state index in [9.17, 15) is 4.79 Å². The summed E-state index contributed by atoms with van der Waals surface area (Å²) in [6, 6.07) is 5.72. The van der Waals surface area contributed by atoms with Gasteiger partial charge in [-0.25, -0.2) is 0 Å². The number of amides is 1. The molecule has 2 rings (SSSR count). The van der Waals surface area contributed by atoms with E-state index in [1.807, 2.05) is 36.9 Å². The molecule has 5 heteroatoms. The van der Waals surface area contributed by atoms with Crippen molar-refractivity contribution in [2.24, 2.45) is 0 Å². The summed E-state index contributed by atoms with van der Waals surface area (Å²) in [6.45, 7) is 5.24. The summed E-state index contributed by atoms with van der Waals surface area (Å²) in [5.74, 6) is 0.0528. The SMILES string of the molecule is CC1CN(C(=O)c2ccc(Br)cc2Br)C(C)CO1. The second-order valence-electron chi connectivity index (χ2n) is 4.57. The molecule has 18 heavy (non-hydrogen) atoms. The highest BCUT2D eigenvalue weighted by Gasteiger charge is 2.29. The first kappa shape index (κ1) is 14.0. The van der Waals surface area contributed by atoms with Crippen LogP contribution < -0.4 is 0 Å². The minimum absolute atomic E-state index is 0.0528. The molecule has 1 heterocycles. The first-order valence-corrected chi connectivity index (χ1v) is 7.45. The maximum atomic E-state index is 12.5. The van der Waals surface area contributed by atoms with E-state index < -0.39 is 0 Å². The van der Waals surface area contributed by atoms with Crippen molar-refractivity contribution >= 4 is 37.8 Å². The highest BCUT2D eigenvalue weighted by Crippen LogP contribution is 2.25. The normalized spacial score (nSPS) is 24.1. The van der Waals surface area contributed by atoms with Crippen LogP contribution in [0.15, 0.2) is 27.1 Å². The van der Waals surface area contributed by atoms with Gasteiger partial charge < -0.3 is 9.64 Å². The quantitative estimate of drug-likeness (QED) is 0.751. The largest absolute Gasteiger partial charge is 0.375 e. The molecule has 2 unspecified atom stereocenters. The van der Waals surface area contributed by atoms with Crippen molar-refractivity contribution in [1.82, 2.24) is 4.90 Å². The lowest BCUT2D eigenvalue weighted by Crippen LogP contribution is -2.50. The third-order valence-corrected chi connectivity index (χ3v) is 4.18. The van der Waals surface area contributed by atoms with E-state index in [1.165, 1.54) is 0 Å². The molecule has 1 aliphatic heterocycles. The van der Waals surface area contributed by atoms with E-state index in [1.54, 1.807) is 0 Å². The summed E-state index contributed by atoms with van der Waals surface area (Å²) in [5.41, 5.74) is 0.694. The van der Waals surface area contributed by atoms with Crippen LogP contribution in [0.5, 0.6) is 0 Å². The van der Waals surface area contributed by atoms with Crippen LogP contribution >= 0.6 is 31.9 Å². The van der Waals surface area contributed by atoms with Crippen molar-refractivity contribution in [2.75, 3.05) is 13.2 Å². The molecule has 1 saturated heterocycles. The number of hydrogen-bond acceptors (Lipinski definition) is 2. The molecule has 0 aromatic heterocycles. The zero-order valence-electron chi connectivity index (χ0n) is 10.3. The first-order valence-electron chi connectivity index (χ1n) is 5.86. The number of hydrogen-bond donors (Lipinski definition) is 0. The summed E-state index contributed by atoms with van der Waals surface area (Å²) in [7, 11) is 0. The lowest BCUT2D eigenvalue weighted by Gasteiger charge is -2.37. The molecule has 3 nitrogen and oxygen atoms in total. The highest BCUT2D eigenvalue weighted by molar-refractivity contribution is 9.11. The molecular formula is C13H15Br2NO2.